The predicted octanol–water partition coefficient (Wildman–Crippen LogP) is 4.84. The molecule has 0 bridgehead atoms. The van der Waals surface area contributed by atoms with Crippen LogP contribution in [0.5, 0.6) is 0 Å². The molecule has 0 saturated carbocycles. The highest BCUT2D eigenvalue weighted by atomic mass is 32.2. The van der Waals surface area contributed by atoms with Crippen LogP contribution >= 0.6 is 11.8 Å². The topological polar surface area (TPSA) is 55.4 Å². The molecule has 3 aromatic carbocycles. The number of benzene rings is 3. The van der Waals surface area contributed by atoms with Crippen LogP contribution in [0.1, 0.15) is 11.1 Å². The van der Waals surface area contributed by atoms with E-state index in [0.717, 1.165) is 27.8 Å². The van der Waals surface area contributed by atoms with Gasteiger partial charge in [-0.15, -0.1) is 0 Å². The molecule has 5 heteroatoms. The van der Waals surface area contributed by atoms with Crippen LogP contribution in [0.3, 0.4) is 0 Å². The van der Waals surface area contributed by atoms with Gasteiger partial charge in [0.25, 0.3) is 0 Å². The average molecular weight is 391 g/mol. The zero-order chi connectivity index (χ0) is 19.6. The monoisotopic (exact) mass is 391 g/mol. The Morgan fingerprint density at radius 1 is 0.786 bits per heavy atom. The zero-order valence-corrected chi connectivity index (χ0v) is 16.1. The molecule has 3 aromatic rings. The molecule has 0 saturated heterocycles. The molecule has 0 aliphatic carbocycles. The van der Waals surface area contributed by atoms with Crippen LogP contribution in [-0.2, 0) is 22.6 Å². The Kier molecular flexibility index (Phi) is 7.27. The van der Waals surface area contributed by atoms with Crippen LogP contribution in [0.2, 0.25) is 0 Å². The molecule has 28 heavy (non-hydrogen) atoms. The van der Waals surface area contributed by atoms with Gasteiger partial charge in [0.1, 0.15) is 12.6 Å². The number of nitrogens with one attached hydrogen (secondary N) is 1. The third-order valence-electron chi connectivity index (χ3n) is 4.03. The summed E-state index contributed by atoms with van der Waals surface area (Å²) in [6.07, 6.45) is -0.202. The van der Waals surface area contributed by atoms with E-state index in [9.17, 15) is 9.59 Å². The molecule has 1 N–H and O–H groups in total. The first-order chi connectivity index (χ1) is 13.7. The van der Waals surface area contributed by atoms with Crippen LogP contribution in [0.25, 0.3) is 0 Å². The van der Waals surface area contributed by atoms with Crippen LogP contribution in [-0.4, -0.2) is 17.3 Å². The van der Waals surface area contributed by atoms with Gasteiger partial charge in [0, 0.05) is 11.3 Å². The van der Waals surface area contributed by atoms with E-state index in [1.807, 2.05) is 91.0 Å². The predicted molar refractivity (Wildman–Crippen MR) is 111 cm³/mol. The summed E-state index contributed by atoms with van der Waals surface area (Å²) in [6.45, 7) is 0.157. The molecule has 1 amide bonds. The molecule has 0 heterocycles. The molecule has 0 spiro atoms. The van der Waals surface area contributed by atoms with Crippen LogP contribution in [0, 0.1) is 0 Å². The first-order valence-electron chi connectivity index (χ1n) is 8.98. The second-order valence-corrected chi connectivity index (χ2v) is 7.26. The fraction of sp³-hybridized carbons (Fsp3) is 0.130. The summed E-state index contributed by atoms with van der Waals surface area (Å²) in [6, 6.07) is 27.8. The molecular weight excluding hydrogens is 370 g/mol. The van der Waals surface area contributed by atoms with Crippen molar-refractivity contribution in [2.24, 2.45) is 0 Å². The van der Waals surface area contributed by atoms with Crippen LogP contribution in [0.4, 0.5) is 4.79 Å². The van der Waals surface area contributed by atoms with Gasteiger partial charge in [-0.2, -0.15) is 0 Å². The summed E-state index contributed by atoms with van der Waals surface area (Å²) in [4.78, 5) is 25.9. The van der Waals surface area contributed by atoms with Gasteiger partial charge < -0.3 is 10.1 Å². The van der Waals surface area contributed by atoms with Crippen LogP contribution < -0.4 is 5.32 Å². The lowest BCUT2D eigenvalue weighted by Gasteiger charge is -2.17. The van der Waals surface area contributed by atoms with Crippen molar-refractivity contribution in [2.45, 2.75) is 24.0 Å². The van der Waals surface area contributed by atoms with Crippen molar-refractivity contribution in [1.29, 1.82) is 0 Å². The summed E-state index contributed by atoms with van der Waals surface area (Å²) < 4.78 is 5.29. The Morgan fingerprint density at radius 2 is 1.32 bits per heavy atom. The Labute approximate surface area is 168 Å². The Morgan fingerprint density at radius 3 is 1.93 bits per heavy atom. The third kappa shape index (κ3) is 6.28. The van der Waals surface area contributed by atoms with E-state index in [-0.39, 0.29) is 11.7 Å². The molecule has 0 aliphatic rings. The summed E-state index contributed by atoms with van der Waals surface area (Å²) in [7, 11) is 0. The fourth-order valence-corrected chi connectivity index (χ4v) is 3.44. The highest BCUT2D eigenvalue weighted by molar-refractivity contribution is 8.13. The molecule has 0 aliphatic heterocycles. The number of hydrogen-bond donors (Lipinski definition) is 1. The van der Waals surface area contributed by atoms with E-state index in [2.05, 4.69) is 5.32 Å². The minimum atomic E-state index is -0.684. The largest absolute Gasteiger partial charge is 0.445 e. The number of carbonyl (C=O) groups is 2. The summed E-state index contributed by atoms with van der Waals surface area (Å²) in [5.41, 5.74) is 1.86. The van der Waals surface area contributed by atoms with Crippen molar-refractivity contribution in [3.8, 4) is 0 Å². The van der Waals surface area contributed by atoms with E-state index in [4.69, 9.17) is 4.74 Å². The highest BCUT2D eigenvalue weighted by Crippen LogP contribution is 2.21. The Hall–Kier alpha value is -3.05. The smallest absolute Gasteiger partial charge is 0.408 e. The summed E-state index contributed by atoms with van der Waals surface area (Å²) >= 11 is 1.12. The van der Waals surface area contributed by atoms with Gasteiger partial charge in [0.2, 0.25) is 5.12 Å². The quantitative estimate of drug-likeness (QED) is 0.586. The van der Waals surface area contributed by atoms with E-state index in [1.165, 1.54) is 0 Å². The molecule has 3 rings (SSSR count). The maximum Gasteiger partial charge on any atom is 0.408 e. The molecule has 4 nitrogen and oxygen atoms in total. The summed E-state index contributed by atoms with van der Waals surface area (Å²) in [5, 5.41) is 2.59. The minimum absolute atomic E-state index is 0.133. The first kappa shape index (κ1) is 19.7. The lowest BCUT2D eigenvalue weighted by Crippen LogP contribution is -2.41. The van der Waals surface area contributed by atoms with Gasteiger partial charge in [-0.05, 0) is 35.0 Å². The van der Waals surface area contributed by atoms with E-state index in [1.54, 1.807) is 0 Å². The Bertz CT molecular complexity index is 885. The number of ether oxygens (including phenoxy) is 1. The van der Waals surface area contributed by atoms with Crippen molar-refractivity contribution < 1.29 is 14.3 Å². The highest BCUT2D eigenvalue weighted by Gasteiger charge is 2.23. The third-order valence-corrected chi connectivity index (χ3v) is 5.03. The minimum Gasteiger partial charge on any atom is -0.445 e. The van der Waals surface area contributed by atoms with Crippen molar-refractivity contribution in [3.05, 3.63) is 102 Å². The number of alkyl carbamates (subject to hydrolysis) is 1. The normalized spacial score (nSPS) is 11.4. The molecule has 0 radical (unpaired) electrons. The van der Waals surface area contributed by atoms with Gasteiger partial charge in [-0.25, -0.2) is 4.79 Å². The van der Waals surface area contributed by atoms with Crippen molar-refractivity contribution in [1.82, 2.24) is 5.32 Å². The second kappa shape index (κ2) is 10.3. The lowest BCUT2D eigenvalue weighted by molar-refractivity contribution is -0.112. The summed E-state index contributed by atoms with van der Waals surface area (Å²) in [5.74, 6) is 0. The van der Waals surface area contributed by atoms with Crippen LogP contribution in [0.15, 0.2) is 95.9 Å². The first-order valence-corrected chi connectivity index (χ1v) is 9.80. The van der Waals surface area contributed by atoms with Crippen molar-refractivity contribution in [2.75, 3.05) is 0 Å². The van der Waals surface area contributed by atoms with Gasteiger partial charge >= 0.3 is 6.09 Å². The number of amides is 1. The molecule has 0 unspecified atom stereocenters. The zero-order valence-electron chi connectivity index (χ0n) is 15.3. The maximum absolute atomic E-state index is 12.8. The lowest BCUT2D eigenvalue weighted by atomic mass is 10.1. The maximum atomic E-state index is 12.8. The number of thioether (sulfide) groups is 1. The molecular formula is C23H21NO3S. The number of rotatable bonds is 7. The molecule has 0 fully saturated rings. The van der Waals surface area contributed by atoms with E-state index >= 15 is 0 Å². The Balaban J connectivity index is 1.64. The van der Waals surface area contributed by atoms with Gasteiger partial charge in [-0.1, -0.05) is 78.9 Å². The number of carbonyl (C=O) groups excluding carboxylic acids is 2. The number of hydrogen-bond acceptors (Lipinski definition) is 4. The van der Waals surface area contributed by atoms with Crippen molar-refractivity contribution >= 4 is 23.0 Å². The van der Waals surface area contributed by atoms with E-state index in [0.29, 0.717) is 6.42 Å². The van der Waals surface area contributed by atoms with Crippen molar-refractivity contribution in [3.63, 3.8) is 0 Å². The standard InChI is InChI=1S/C23H21NO3S/c25-22(28-20-14-8-3-9-15-20)21(16-18-10-4-1-5-11-18)24-23(26)27-17-19-12-6-2-7-13-19/h1-15,21H,16-17H2,(H,24,26)/t21-/m0/s1. The molecule has 142 valence electrons. The fourth-order valence-electron chi connectivity index (χ4n) is 2.63. The van der Waals surface area contributed by atoms with Gasteiger partial charge in [0.15, 0.2) is 0 Å². The van der Waals surface area contributed by atoms with Gasteiger partial charge in [-0.3, -0.25) is 4.79 Å². The van der Waals surface area contributed by atoms with Gasteiger partial charge in [0.05, 0.1) is 0 Å². The SMILES string of the molecule is O=C(N[C@@H](Cc1ccccc1)C(=O)Sc1ccccc1)OCc1ccccc1. The van der Waals surface area contributed by atoms with E-state index < -0.39 is 12.1 Å². The second-order valence-electron chi connectivity index (χ2n) is 6.18. The average Bonchev–Trinajstić information content (AvgIpc) is 2.74. The molecule has 1 atom stereocenters. The molecule has 0 aromatic heterocycles.